The largest absolute Gasteiger partial charge is 0.353 e. The third-order valence-electron chi connectivity index (χ3n) is 4.53. The quantitative estimate of drug-likeness (QED) is 0.851. The topological polar surface area (TPSA) is 64.7 Å². The Kier molecular flexibility index (Phi) is 5.12. The summed E-state index contributed by atoms with van der Waals surface area (Å²) >= 11 is 0. The molecule has 1 atom stereocenters. The van der Waals surface area contributed by atoms with Gasteiger partial charge in [0.2, 0.25) is 5.91 Å². The normalized spacial score (nSPS) is 22.0. The summed E-state index contributed by atoms with van der Waals surface area (Å²) < 4.78 is 0. The van der Waals surface area contributed by atoms with Crippen molar-refractivity contribution in [3.63, 3.8) is 0 Å². The highest BCUT2D eigenvalue weighted by molar-refractivity contribution is 5.84. The number of fused-ring (bicyclic) bond motifs is 1. The van der Waals surface area contributed by atoms with Crippen LogP contribution in [0.15, 0.2) is 30.3 Å². The molecule has 1 aromatic rings. The third-order valence-corrected chi connectivity index (χ3v) is 4.53. The molecule has 1 aromatic carbocycles. The van der Waals surface area contributed by atoms with Gasteiger partial charge in [-0.15, -0.1) is 0 Å². The smallest absolute Gasteiger partial charge is 0.317 e. The van der Waals surface area contributed by atoms with E-state index in [0.29, 0.717) is 26.2 Å². The lowest BCUT2D eigenvalue weighted by Crippen LogP contribution is -2.58. The van der Waals surface area contributed by atoms with Gasteiger partial charge in [-0.05, 0) is 18.4 Å². The molecule has 6 heteroatoms. The van der Waals surface area contributed by atoms with Crippen LogP contribution >= 0.6 is 0 Å². The van der Waals surface area contributed by atoms with E-state index in [1.54, 1.807) is 4.90 Å². The van der Waals surface area contributed by atoms with Gasteiger partial charge in [0.05, 0.1) is 0 Å². The molecule has 0 saturated carbocycles. The van der Waals surface area contributed by atoms with Crippen LogP contribution < -0.4 is 10.6 Å². The number of hydrogen-bond donors (Lipinski definition) is 2. The second kappa shape index (κ2) is 7.46. The van der Waals surface area contributed by atoms with Crippen LogP contribution in [0.1, 0.15) is 12.0 Å². The van der Waals surface area contributed by atoms with Crippen molar-refractivity contribution in [1.29, 1.82) is 0 Å². The molecule has 23 heavy (non-hydrogen) atoms. The maximum absolute atomic E-state index is 12.4. The molecule has 0 aromatic heterocycles. The fourth-order valence-electron chi connectivity index (χ4n) is 3.25. The monoisotopic (exact) mass is 316 g/mol. The molecular weight excluding hydrogens is 292 g/mol. The zero-order valence-electron chi connectivity index (χ0n) is 13.3. The van der Waals surface area contributed by atoms with Crippen LogP contribution in [-0.4, -0.2) is 67.0 Å². The average molecular weight is 316 g/mol. The van der Waals surface area contributed by atoms with Gasteiger partial charge in [-0.25, -0.2) is 4.79 Å². The lowest BCUT2D eigenvalue weighted by molar-refractivity contribution is -0.128. The highest BCUT2D eigenvalue weighted by Crippen LogP contribution is 2.12. The van der Waals surface area contributed by atoms with Crippen LogP contribution in [0.25, 0.3) is 0 Å². The van der Waals surface area contributed by atoms with Crippen molar-refractivity contribution in [2.24, 2.45) is 0 Å². The molecule has 0 radical (unpaired) electrons. The number of piperazine rings is 1. The fourth-order valence-corrected chi connectivity index (χ4v) is 3.25. The summed E-state index contributed by atoms with van der Waals surface area (Å²) in [6, 6.07) is 9.84. The molecule has 2 heterocycles. The number of hydrogen-bond acceptors (Lipinski definition) is 3. The standard InChI is InChI=1S/C17H24N4O2/c22-16-15-13-21(11-4-10-20(15)12-9-18-16)17(23)19-8-7-14-5-2-1-3-6-14/h1-3,5-6,15H,4,7-13H2,(H,18,22)(H,19,23). The highest BCUT2D eigenvalue weighted by Gasteiger charge is 2.34. The summed E-state index contributed by atoms with van der Waals surface area (Å²) in [5.74, 6) is 0.0419. The van der Waals surface area contributed by atoms with Crippen molar-refractivity contribution in [3.05, 3.63) is 35.9 Å². The zero-order chi connectivity index (χ0) is 16.1. The summed E-state index contributed by atoms with van der Waals surface area (Å²) in [5.41, 5.74) is 1.21. The van der Waals surface area contributed by atoms with Crippen molar-refractivity contribution < 1.29 is 9.59 Å². The maximum atomic E-state index is 12.4. The lowest BCUT2D eigenvalue weighted by atomic mass is 10.1. The van der Waals surface area contributed by atoms with Gasteiger partial charge in [-0.1, -0.05) is 30.3 Å². The molecule has 2 saturated heterocycles. The van der Waals surface area contributed by atoms with Crippen molar-refractivity contribution >= 4 is 11.9 Å². The molecular formula is C17H24N4O2. The maximum Gasteiger partial charge on any atom is 0.317 e. The second-order valence-electron chi connectivity index (χ2n) is 6.11. The summed E-state index contributed by atoms with van der Waals surface area (Å²) in [6.45, 7) is 4.25. The predicted octanol–water partition coefficient (Wildman–Crippen LogP) is 0.445. The number of rotatable bonds is 3. The van der Waals surface area contributed by atoms with Gasteiger partial charge in [0, 0.05) is 39.3 Å². The number of nitrogens with zero attached hydrogens (tertiary/aromatic N) is 2. The molecule has 3 amide bonds. The van der Waals surface area contributed by atoms with E-state index in [2.05, 4.69) is 27.7 Å². The molecule has 3 rings (SSSR count). The third kappa shape index (κ3) is 4.01. The Morgan fingerprint density at radius 1 is 1.22 bits per heavy atom. The van der Waals surface area contributed by atoms with Crippen molar-refractivity contribution in [1.82, 2.24) is 20.4 Å². The van der Waals surface area contributed by atoms with E-state index in [9.17, 15) is 9.59 Å². The van der Waals surface area contributed by atoms with E-state index in [-0.39, 0.29) is 18.0 Å². The number of urea groups is 1. The first-order valence-electron chi connectivity index (χ1n) is 8.32. The van der Waals surface area contributed by atoms with Gasteiger partial charge in [-0.2, -0.15) is 0 Å². The zero-order valence-corrected chi connectivity index (χ0v) is 13.3. The molecule has 1 unspecified atom stereocenters. The van der Waals surface area contributed by atoms with Gasteiger partial charge < -0.3 is 15.5 Å². The Morgan fingerprint density at radius 3 is 2.87 bits per heavy atom. The SMILES string of the molecule is O=C1NCCN2CCCN(C(=O)NCCc3ccccc3)CC12. The van der Waals surface area contributed by atoms with Crippen LogP contribution in [0.2, 0.25) is 0 Å². The molecule has 2 N–H and O–H groups in total. The fraction of sp³-hybridized carbons (Fsp3) is 0.529. The number of carbonyl (C=O) groups excluding carboxylic acids is 2. The Labute approximate surface area is 136 Å². The Hall–Kier alpha value is -2.08. The van der Waals surface area contributed by atoms with Crippen LogP contribution in [0, 0.1) is 0 Å². The van der Waals surface area contributed by atoms with Gasteiger partial charge >= 0.3 is 6.03 Å². The summed E-state index contributed by atoms with van der Waals surface area (Å²) in [4.78, 5) is 28.4. The van der Waals surface area contributed by atoms with Gasteiger partial charge in [0.15, 0.2) is 0 Å². The minimum absolute atomic E-state index is 0.0419. The Morgan fingerprint density at radius 2 is 2.04 bits per heavy atom. The highest BCUT2D eigenvalue weighted by atomic mass is 16.2. The van der Waals surface area contributed by atoms with E-state index in [1.807, 2.05) is 18.2 Å². The molecule has 2 fully saturated rings. The molecule has 0 spiro atoms. The van der Waals surface area contributed by atoms with E-state index in [4.69, 9.17) is 0 Å². The molecule has 2 aliphatic rings. The minimum atomic E-state index is -0.203. The summed E-state index contributed by atoms with van der Waals surface area (Å²) in [7, 11) is 0. The molecule has 124 valence electrons. The lowest BCUT2D eigenvalue weighted by Gasteiger charge is -2.34. The molecule has 2 aliphatic heterocycles. The number of amides is 3. The average Bonchev–Trinajstić information content (AvgIpc) is 2.79. The second-order valence-corrected chi connectivity index (χ2v) is 6.11. The Bertz CT molecular complexity index is 549. The first-order valence-corrected chi connectivity index (χ1v) is 8.32. The van der Waals surface area contributed by atoms with Crippen LogP contribution in [0.3, 0.4) is 0 Å². The van der Waals surface area contributed by atoms with Crippen LogP contribution in [0.5, 0.6) is 0 Å². The number of carbonyl (C=O) groups is 2. The van der Waals surface area contributed by atoms with Crippen molar-refractivity contribution in [2.45, 2.75) is 18.9 Å². The van der Waals surface area contributed by atoms with Gasteiger partial charge in [0.25, 0.3) is 0 Å². The number of nitrogens with one attached hydrogen (secondary N) is 2. The minimum Gasteiger partial charge on any atom is -0.353 e. The van der Waals surface area contributed by atoms with Crippen molar-refractivity contribution in [3.8, 4) is 0 Å². The van der Waals surface area contributed by atoms with Crippen molar-refractivity contribution in [2.75, 3.05) is 39.3 Å². The van der Waals surface area contributed by atoms with E-state index < -0.39 is 0 Å². The first kappa shape index (κ1) is 15.8. The van der Waals surface area contributed by atoms with Gasteiger partial charge in [-0.3, -0.25) is 9.69 Å². The Balaban J connectivity index is 1.51. The van der Waals surface area contributed by atoms with E-state index in [1.165, 1.54) is 5.56 Å². The van der Waals surface area contributed by atoms with Gasteiger partial charge in [0.1, 0.15) is 6.04 Å². The van der Waals surface area contributed by atoms with E-state index in [0.717, 1.165) is 25.9 Å². The summed E-state index contributed by atoms with van der Waals surface area (Å²) in [6.07, 6.45) is 1.73. The molecule has 0 bridgehead atoms. The molecule has 6 nitrogen and oxygen atoms in total. The van der Waals surface area contributed by atoms with Crippen LogP contribution in [0.4, 0.5) is 4.79 Å². The first-order chi connectivity index (χ1) is 11.2. The number of benzene rings is 1. The predicted molar refractivity (Wildman–Crippen MR) is 88.1 cm³/mol. The van der Waals surface area contributed by atoms with Crippen LogP contribution in [-0.2, 0) is 11.2 Å². The summed E-state index contributed by atoms with van der Waals surface area (Å²) in [5, 5.41) is 5.87. The molecule has 0 aliphatic carbocycles. The van der Waals surface area contributed by atoms with E-state index >= 15 is 0 Å².